The van der Waals surface area contributed by atoms with Crippen molar-refractivity contribution < 1.29 is 5.11 Å². The van der Waals surface area contributed by atoms with Gasteiger partial charge in [-0.3, -0.25) is 0 Å². The summed E-state index contributed by atoms with van der Waals surface area (Å²) >= 11 is 5.92. The summed E-state index contributed by atoms with van der Waals surface area (Å²) in [6, 6.07) is 15.5. The van der Waals surface area contributed by atoms with E-state index in [-0.39, 0.29) is 0 Å². The summed E-state index contributed by atoms with van der Waals surface area (Å²) in [7, 11) is 0. The quantitative estimate of drug-likeness (QED) is 0.876. The lowest BCUT2D eigenvalue weighted by atomic mass is 10.1. The van der Waals surface area contributed by atoms with E-state index in [9.17, 15) is 5.11 Å². The van der Waals surface area contributed by atoms with E-state index in [0.29, 0.717) is 6.54 Å². The van der Waals surface area contributed by atoms with Crippen molar-refractivity contribution in [2.45, 2.75) is 19.6 Å². The second-order valence-corrected chi connectivity index (χ2v) is 5.06. The summed E-state index contributed by atoms with van der Waals surface area (Å²) in [6.45, 7) is 3.30. The molecule has 2 nitrogen and oxygen atoms in total. The van der Waals surface area contributed by atoms with Crippen molar-refractivity contribution in [2.24, 2.45) is 0 Å². The molecule has 2 rings (SSSR count). The molecule has 100 valence electrons. The zero-order chi connectivity index (χ0) is 13.7. The molecule has 0 aliphatic rings. The van der Waals surface area contributed by atoms with Gasteiger partial charge in [0.1, 0.15) is 0 Å². The number of hydrogen-bond acceptors (Lipinski definition) is 2. The number of aliphatic hydroxyl groups excluding tert-OH is 1. The van der Waals surface area contributed by atoms with Crippen molar-refractivity contribution in [3.05, 3.63) is 70.2 Å². The van der Waals surface area contributed by atoms with E-state index < -0.39 is 6.10 Å². The number of benzene rings is 2. The van der Waals surface area contributed by atoms with Gasteiger partial charge in [-0.05, 0) is 35.7 Å². The predicted octanol–water partition coefficient (Wildman–Crippen LogP) is 3.47. The van der Waals surface area contributed by atoms with Crippen LogP contribution < -0.4 is 5.32 Å². The van der Waals surface area contributed by atoms with E-state index in [1.807, 2.05) is 55.5 Å². The van der Waals surface area contributed by atoms with Gasteiger partial charge in [0.05, 0.1) is 6.10 Å². The van der Waals surface area contributed by atoms with Crippen molar-refractivity contribution in [1.82, 2.24) is 5.32 Å². The number of rotatable bonds is 5. The average molecular weight is 276 g/mol. The maximum atomic E-state index is 10.0. The van der Waals surface area contributed by atoms with Gasteiger partial charge in [-0.25, -0.2) is 0 Å². The zero-order valence-electron chi connectivity index (χ0n) is 10.9. The highest BCUT2D eigenvalue weighted by molar-refractivity contribution is 6.30. The lowest BCUT2D eigenvalue weighted by Crippen LogP contribution is -2.21. The average Bonchev–Trinajstić information content (AvgIpc) is 2.42. The number of halogens is 1. The largest absolute Gasteiger partial charge is 0.387 e. The molecule has 2 aromatic rings. The Kier molecular flexibility index (Phi) is 4.97. The van der Waals surface area contributed by atoms with Crippen molar-refractivity contribution in [3.63, 3.8) is 0 Å². The predicted molar refractivity (Wildman–Crippen MR) is 79.3 cm³/mol. The molecular formula is C16H18ClNO. The third kappa shape index (κ3) is 4.06. The van der Waals surface area contributed by atoms with Crippen LogP contribution in [0.5, 0.6) is 0 Å². The van der Waals surface area contributed by atoms with Gasteiger partial charge in [-0.1, -0.05) is 48.0 Å². The van der Waals surface area contributed by atoms with Crippen LogP contribution >= 0.6 is 11.6 Å². The van der Waals surface area contributed by atoms with E-state index in [1.54, 1.807) is 0 Å². The number of aliphatic hydroxyl groups is 1. The molecule has 0 bridgehead atoms. The highest BCUT2D eigenvalue weighted by Crippen LogP contribution is 2.15. The molecule has 19 heavy (non-hydrogen) atoms. The molecule has 0 fully saturated rings. The Morgan fingerprint density at radius 2 is 1.89 bits per heavy atom. The van der Waals surface area contributed by atoms with Crippen LogP contribution in [0.2, 0.25) is 5.02 Å². The molecule has 1 unspecified atom stereocenters. The first kappa shape index (κ1) is 14.1. The Morgan fingerprint density at radius 1 is 1.16 bits per heavy atom. The van der Waals surface area contributed by atoms with Gasteiger partial charge in [0, 0.05) is 18.1 Å². The lowest BCUT2D eigenvalue weighted by Gasteiger charge is -2.13. The van der Waals surface area contributed by atoms with Gasteiger partial charge in [0.25, 0.3) is 0 Å². The summed E-state index contributed by atoms with van der Waals surface area (Å²) in [5, 5.41) is 14.1. The molecule has 0 heterocycles. The van der Waals surface area contributed by atoms with Crippen LogP contribution in [0.4, 0.5) is 0 Å². The maximum Gasteiger partial charge on any atom is 0.0914 e. The molecule has 0 saturated carbocycles. The van der Waals surface area contributed by atoms with Gasteiger partial charge >= 0.3 is 0 Å². The fourth-order valence-corrected chi connectivity index (χ4v) is 2.22. The number of hydrogen-bond donors (Lipinski definition) is 2. The van der Waals surface area contributed by atoms with E-state index >= 15 is 0 Å². The minimum atomic E-state index is -0.478. The van der Waals surface area contributed by atoms with Crippen LogP contribution in [0, 0.1) is 6.92 Å². The Bertz CT molecular complexity index is 528. The van der Waals surface area contributed by atoms with Crippen LogP contribution in [0.15, 0.2) is 48.5 Å². The summed E-state index contributed by atoms with van der Waals surface area (Å²) in [5.74, 6) is 0. The lowest BCUT2D eigenvalue weighted by molar-refractivity contribution is 0.174. The first-order valence-corrected chi connectivity index (χ1v) is 6.73. The fourth-order valence-electron chi connectivity index (χ4n) is 1.99. The zero-order valence-corrected chi connectivity index (χ0v) is 11.7. The molecule has 0 spiro atoms. The fraction of sp³-hybridized carbons (Fsp3) is 0.250. The first-order chi connectivity index (χ1) is 9.16. The van der Waals surface area contributed by atoms with Crippen molar-refractivity contribution >= 4 is 11.6 Å². The second kappa shape index (κ2) is 6.71. The third-order valence-electron chi connectivity index (χ3n) is 3.14. The summed E-state index contributed by atoms with van der Waals surface area (Å²) in [4.78, 5) is 0. The molecule has 0 aromatic heterocycles. The number of nitrogens with one attached hydrogen (secondary N) is 1. The molecule has 2 N–H and O–H groups in total. The summed E-state index contributed by atoms with van der Waals surface area (Å²) < 4.78 is 0. The third-order valence-corrected chi connectivity index (χ3v) is 3.38. The second-order valence-electron chi connectivity index (χ2n) is 4.63. The van der Waals surface area contributed by atoms with Crippen molar-refractivity contribution in [1.29, 1.82) is 0 Å². The van der Waals surface area contributed by atoms with E-state index in [1.165, 1.54) is 5.56 Å². The smallest absolute Gasteiger partial charge is 0.0914 e. The molecule has 2 aromatic carbocycles. The van der Waals surface area contributed by atoms with E-state index in [4.69, 9.17) is 11.6 Å². The molecule has 0 saturated heterocycles. The van der Waals surface area contributed by atoms with E-state index in [2.05, 4.69) is 5.32 Å². The first-order valence-electron chi connectivity index (χ1n) is 6.35. The minimum absolute atomic E-state index is 0.478. The monoisotopic (exact) mass is 275 g/mol. The molecule has 0 aliphatic carbocycles. The highest BCUT2D eigenvalue weighted by Gasteiger charge is 2.06. The van der Waals surface area contributed by atoms with Gasteiger partial charge in [-0.15, -0.1) is 0 Å². The van der Waals surface area contributed by atoms with Crippen molar-refractivity contribution in [3.8, 4) is 0 Å². The van der Waals surface area contributed by atoms with Crippen LogP contribution in [-0.4, -0.2) is 11.7 Å². The Labute approximate surface area is 119 Å². The Hall–Kier alpha value is -1.35. The molecule has 0 amide bonds. The summed E-state index contributed by atoms with van der Waals surface area (Å²) in [6.07, 6.45) is -0.478. The molecule has 0 radical (unpaired) electrons. The van der Waals surface area contributed by atoms with Gasteiger partial charge in [0.2, 0.25) is 0 Å². The SMILES string of the molecule is Cc1cc(Cl)ccc1CNCC(O)c1ccccc1. The molecule has 1 atom stereocenters. The maximum absolute atomic E-state index is 10.0. The molecule has 0 aliphatic heterocycles. The Balaban J connectivity index is 1.86. The van der Waals surface area contributed by atoms with Gasteiger partial charge in [0.15, 0.2) is 0 Å². The Morgan fingerprint density at radius 3 is 2.58 bits per heavy atom. The normalized spacial score (nSPS) is 12.4. The highest BCUT2D eigenvalue weighted by atomic mass is 35.5. The summed E-state index contributed by atoms with van der Waals surface area (Å²) in [5.41, 5.74) is 3.29. The van der Waals surface area contributed by atoms with Gasteiger partial charge < -0.3 is 10.4 Å². The minimum Gasteiger partial charge on any atom is -0.387 e. The van der Waals surface area contributed by atoms with Gasteiger partial charge in [-0.2, -0.15) is 0 Å². The van der Waals surface area contributed by atoms with Crippen molar-refractivity contribution in [2.75, 3.05) is 6.54 Å². The molecular weight excluding hydrogens is 258 g/mol. The van der Waals surface area contributed by atoms with Crippen LogP contribution in [0.25, 0.3) is 0 Å². The standard InChI is InChI=1S/C16H18ClNO/c1-12-9-15(17)8-7-14(12)10-18-11-16(19)13-5-3-2-4-6-13/h2-9,16,18-19H,10-11H2,1H3. The number of aryl methyl sites for hydroxylation is 1. The molecule has 3 heteroatoms. The van der Waals surface area contributed by atoms with Crippen LogP contribution in [-0.2, 0) is 6.54 Å². The topological polar surface area (TPSA) is 32.3 Å². The van der Waals surface area contributed by atoms with Crippen LogP contribution in [0.1, 0.15) is 22.8 Å². The van der Waals surface area contributed by atoms with E-state index in [0.717, 1.165) is 22.7 Å². The van der Waals surface area contributed by atoms with Crippen LogP contribution in [0.3, 0.4) is 0 Å².